The normalized spacial score (nSPS) is 12.1. The first-order valence-corrected chi connectivity index (χ1v) is 6.27. The van der Waals surface area contributed by atoms with E-state index in [0.29, 0.717) is 0 Å². The highest BCUT2D eigenvalue weighted by molar-refractivity contribution is 5.33. The minimum Gasteiger partial charge on any atom is -1.00 e. The van der Waals surface area contributed by atoms with Gasteiger partial charge in [0.2, 0.25) is 0 Å². The monoisotopic (exact) mass is 279 g/mol. The Kier molecular flexibility index (Phi) is 5.52. The number of hydrogen-bond donors (Lipinski definition) is 1. The van der Waals surface area contributed by atoms with Gasteiger partial charge in [0, 0.05) is 11.1 Å². The van der Waals surface area contributed by atoms with Crippen molar-refractivity contribution in [1.29, 1.82) is 0 Å². The molecule has 0 bridgehead atoms. The fourth-order valence-corrected chi connectivity index (χ4v) is 2.11. The molecule has 1 atom stereocenters. The fraction of sp³-hybridized carbons (Fsp3) is 0.250. The van der Waals surface area contributed by atoms with Crippen LogP contribution >= 0.6 is 0 Å². The highest BCUT2D eigenvalue weighted by Gasteiger charge is 2.15. The van der Waals surface area contributed by atoms with Crippen molar-refractivity contribution < 1.29 is 22.5 Å². The number of quaternary nitrogens is 1. The van der Waals surface area contributed by atoms with Gasteiger partial charge in [0.1, 0.15) is 11.9 Å². The molecule has 19 heavy (non-hydrogen) atoms. The maximum absolute atomic E-state index is 13.9. The summed E-state index contributed by atoms with van der Waals surface area (Å²) in [6.07, 6.45) is 0. The van der Waals surface area contributed by atoms with Crippen LogP contribution in [0.15, 0.2) is 48.5 Å². The summed E-state index contributed by atoms with van der Waals surface area (Å²) in [5, 5.41) is 0. The van der Waals surface area contributed by atoms with Gasteiger partial charge in [-0.2, -0.15) is 0 Å². The smallest absolute Gasteiger partial charge is 0.136 e. The molecule has 2 rings (SSSR count). The summed E-state index contributed by atoms with van der Waals surface area (Å²) in [7, 11) is 0. The van der Waals surface area contributed by atoms with Gasteiger partial charge < -0.3 is 18.1 Å². The second-order valence-corrected chi connectivity index (χ2v) is 4.90. The van der Waals surface area contributed by atoms with Crippen molar-refractivity contribution in [1.82, 2.24) is 0 Å². The van der Waals surface area contributed by atoms with Crippen LogP contribution in [0.25, 0.3) is 0 Å². The van der Waals surface area contributed by atoms with E-state index in [1.807, 2.05) is 56.3 Å². The highest BCUT2D eigenvalue weighted by atomic mass is 35.5. The molecule has 0 spiro atoms. The van der Waals surface area contributed by atoms with Crippen molar-refractivity contribution in [2.75, 3.05) is 0 Å². The van der Waals surface area contributed by atoms with Crippen LogP contribution in [0.5, 0.6) is 0 Å². The third kappa shape index (κ3) is 3.55. The Balaban J connectivity index is 0.00000180. The summed E-state index contributed by atoms with van der Waals surface area (Å²) in [4.78, 5) is 0. The molecule has 0 radical (unpaired) electrons. The van der Waals surface area contributed by atoms with E-state index in [4.69, 9.17) is 0 Å². The van der Waals surface area contributed by atoms with Crippen molar-refractivity contribution in [3.05, 3.63) is 71.0 Å². The van der Waals surface area contributed by atoms with Gasteiger partial charge >= 0.3 is 0 Å². The van der Waals surface area contributed by atoms with Gasteiger partial charge in [0.25, 0.3) is 0 Å². The summed E-state index contributed by atoms with van der Waals surface area (Å²) < 4.78 is 13.9. The van der Waals surface area contributed by atoms with Crippen molar-refractivity contribution >= 4 is 0 Å². The average molecular weight is 280 g/mol. The van der Waals surface area contributed by atoms with Crippen LogP contribution in [0.3, 0.4) is 0 Å². The molecule has 0 saturated heterocycles. The molecule has 3 heteroatoms. The molecule has 0 aromatic heterocycles. The van der Waals surface area contributed by atoms with Gasteiger partial charge in [-0.05, 0) is 17.5 Å². The second-order valence-electron chi connectivity index (χ2n) is 4.90. The van der Waals surface area contributed by atoms with Gasteiger partial charge in [-0.1, -0.05) is 56.3 Å². The minimum atomic E-state index is -0.132. The molecule has 2 aromatic carbocycles. The summed E-state index contributed by atoms with van der Waals surface area (Å²) >= 11 is 0. The van der Waals surface area contributed by atoms with Gasteiger partial charge in [0.15, 0.2) is 0 Å². The third-order valence-electron chi connectivity index (χ3n) is 3.25. The number of halogens is 2. The molecule has 0 amide bonds. The maximum atomic E-state index is 13.9. The fourth-order valence-electron chi connectivity index (χ4n) is 2.11. The highest BCUT2D eigenvalue weighted by Crippen LogP contribution is 2.23. The van der Waals surface area contributed by atoms with Gasteiger partial charge in [-0.25, -0.2) is 4.39 Å². The predicted molar refractivity (Wildman–Crippen MR) is 71.7 cm³/mol. The molecule has 0 aliphatic rings. The Morgan fingerprint density at radius 2 is 1.58 bits per heavy atom. The first-order valence-electron chi connectivity index (χ1n) is 6.27. The van der Waals surface area contributed by atoms with Crippen LogP contribution in [0.1, 0.15) is 42.5 Å². The quantitative estimate of drug-likeness (QED) is 0.836. The van der Waals surface area contributed by atoms with Crippen LogP contribution in [0.4, 0.5) is 4.39 Å². The maximum Gasteiger partial charge on any atom is 0.136 e. The first-order chi connectivity index (χ1) is 8.59. The van der Waals surface area contributed by atoms with Gasteiger partial charge in [-0.3, -0.25) is 0 Å². The van der Waals surface area contributed by atoms with Crippen molar-refractivity contribution in [3.63, 3.8) is 0 Å². The molecule has 0 aliphatic heterocycles. The standard InChI is InChI=1S/C16H18FN.ClH/c1-11(2)14-9-8-13(10-15(14)17)16(18)12-6-4-3-5-7-12;/h3-11,16H,18H2,1-2H3;1H/t16-;/m0./s1. The van der Waals surface area contributed by atoms with Crippen LogP contribution < -0.4 is 18.1 Å². The van der Waals surface area contributed by atoms with Gasteiger partial charge in [0.05, 0.1) is 0 Å². The summed E-state index contributed by atoms with van der Waals surface area (Å²) in [5.41, 5.74) is 6.92. The molecule has 0 unspecified atom stereocenters. The average Bonchev–Trinajstić information content (AvgIpc) is 2.38. The summed E-state index contributed by atoms with van der Waals surface area (Å²) in [6.45, 7) is 3.99. The van der Waals surface area contributed by atoms with E-state index in [0.717, 1.165) is 16.7 Å². The molecule has 0 heterocycles. The Hall–Kier alpha value is -1.38. The zero-order valence-corrected chi connectivity index (χ0v) is 12.0. The van der Waals surface area contributed by atoms with Crippen LogP contribution in [0.2, 0.25) is 0 Å². The zero-order valence-electron chi connectivity index (χ0n) is 11.2. The Bertz CT molecular complexity index is 526. The largest absolute Gasteiger partial charge is 1.00 e. The molecule has 102 valence electrons. The Morgan fingerprint density at radius 3 is 2.11 bits per heavy atom. The van der Waals surface area contributed by atoms with Crippen LogP contribution in [-0.4, -0.2) is 0 Å². The minimum absolute atomic E-state index is 0. The van der Waals surface area contributed by atoms with Crippen LogP contribution in [-0.2, 0) is 0 Å². The van der Waals surface area contributed by atoms with Gasteiger partial charge in [-0.15, -0.1) is 0 Å². The molecule has 3 N–H and O–H groups in total. The van der Waals surface area contributed by atoms with Crippen molar-refractivity contribution in [3.8, 4) is 0 Å². The van der Waals surface area contributed by atoms with E-state index >= 15 is 0 Å². The molecule has 1 nitrogen and oxygen atoms in total. The lowest BCUT2D eigenvalue weighted by Crippen LogP contribution is -3.00. The third-order valence-corrected chi connectivity index (χ3v) is 3.25. The molecule has 0 saturated carbocycles. The van der Waals surface area contributed by atoms with E-state index in [1.165, 1.54) is 0 Å². The van der Waals surface area contributed by atoms with E-state index in [1.54, 1.807) is 6.07 Å². The lowest BCUT2D eigenvalue weighted by Gasteiger charge is -2.12. The Morgan fingerprint density at radius 1 is 0.947 bits per heavy atom. The zero-order chi connectivity index (χ0) is 13.1. The SMILES string of the molecule is CC(C)c1ccc([C@@H]([NH3+])c2ccccc2)cc1F.[Cl-]. The first kappa shape index (κ1) is 15.7. The van der Waals surface area contributed by atoms with Crippen molar-refractivity contribution in [2.45, 2.75) is 25.8 Å². The number of hydrogen-bond acceptors (Lipinski definition) is 0. The lowest BCUT2D eigenvalue weighted by atomic mass is 9.95. The van der Waals surface area contributed by atoms with Crippen molar-refractivity contribution in [2.24, 2.45) is 0 Å². The summed E-state index contributed by atoms with van der Waals surface area (Å²) in [6, 6.07) is 15.4. The van der Waals surface area contributed by atoms with Crippen LogP contribution in [0, 0.1) is 5.82 Å². The van der Waals surface area contributed by atoms with E-state index in [2.05, 4.69) is 5.73 Å². The Labute approximate surface area is 120 Å². The van der Waals surface area contributed by atoms with E-state index < -0.39 is 0 Å². The molecule has 2 aromatic rings. The molecular weight excluding hydrogens is 261 g/mol. The lowest BCUT2D eigenvalue weighted by molar-refractivity contribution is -0.411. The molecule has 0 aliphatic carbocycles. The topological polar surface area (TPSA) is 27.6 Å². The predicted octanol–water partition coefficient (Wildman–Crippen LogP) is 0.284. The number of rotatable bonds is 3. The second kappa shape index (κ2) is 6.69. The van der Waals surface area contributed by atoms with E-state index in [9.17, 15) is 4.39 Å². The number of benzene rings is 2. The van der Waals surface area contributed by atoms with E-state index in [-0.39, 0.29) is 30.2 Å². The molecule has 0 fully saturated rings. The summed E-state index contributed by atoms with van der Waals surface area (Å²) in [5.74, 6) is 0.0751. The molecular formula is C16H19ClFN.